The summed E-state index contributed by atoms with van der Waals surface area (Å²) < 4.78 is 0. The van der Waals surface area contributed by atoms with Gasteiger partial charge in [-0.25, -0.2) is 0 Å². The van der Waals surface area contributed by atoms with Crippen molar-refractivity contribution in [3.63, 3.8) is 0 Å². The van der Waals surface area contributed by atoms with Gasteiger partial charge in [0, 0.05) is 0 Å². The number of aryl methyl sites for hydroxylation is 3. The highest BCUT2D eigenvalue weighted by Gasteiger charge is 2.13. The van der Waals surface area contributed by atoms with E-state index in [4.69, 9.17) is 0 Å². The number of hydrogen-bond acceptors (Lipinski definition) is 1. The molecule has 0 aliphatic carbocycles. The molecule has 16 heavy (non-hydrogen) atoms. The lowest BCUT2D eigenvalue weighted by molar-refractivity contribution is -0.119. The smallest absolute Gasteiger partial charge is 0.231 e. The van der Waals surface area contributed by atoms with Crippen molar-refractivity contribution in [2.45, 2.75) is 33.7 Å². The summed E-state index contributed by atoms with van der Waals surface area (Å²) in [5.41, 5.74) is 4.96. The van der Waals surface area contributed by atoms with Crippen LogP contribution in [0.4, 0.5) is 0 Å². The van der Waals surface area contributed by atoms with Crippen LogP contribution in [0.1, 0.15) is 35.2 Å². The molecule has 1 rings (SSSR count). The second-order valence-electron chi connectivity index (χ2n) is 4.24. The van der Waals surface area contributed by atoms with Gasteiger partial charge in [-0.2, -0.15) is 0 Å². The molecule has 2 nitrogen and oxygen atoms in total. The van der Waals surface area contributed by atoms with Crippen LogP contribution in [0.25, 0.3) is 0 Å². The largest absolute Gasteiger partial charge is 0.349 e. The van der Waals surface area contributed by atoms with E-state index in [1.165, 1.54) is 22.3 Å². The summed E-state index contributed by atoms with van der Waals surface area (Å²) in [6.45, 7) is 8.29. The number of rotatable bonds is 3. The highest BCUT2D eigenvalue weighted by molar-refractivity contribution is 9.09. The molecule has 1 atom stereocenters. The van der Waals surface area contributed by atoms with E-state index in [0.717, 1.165) is 0 Å². The Hall–Kier alpha value is -0.830. The molecular weight excluding hydrogens is 266 g/mol. The maximum Gasteiger partial charge on any atom is 0.231 e. The molecule has 0 spiro atoms. The summed E-state index contributed by atoms with van der Waals surface area (Å²) in [7, 11) is 0. The van der Waals surface area contributed by atoms with Crippen LogP contribution >= 0.6 is 15.9 Å². The normalized spacial score (nSPS) is 12.3. The molecule has 0 aromatic heterocycles. The van der Waals surface area contributed by atoms with Crippen LogP contribution in [0.15, 0.2) is 12.1 Å². The van der Waals surface area contributed by atoms with Crippen molar-refractivity contribution in [3.05, 3.63) is 34.4 Å². The first kappa shape index (κ1) is 13.2. The van der Waals surface area contributed by atoms with Crippen LogP contribution in [0.3, 0.4) is 0 Å². The first-order valence-corrected chi connectivity index (χ1v) is 6.51. The molecule has 0 unspecified atom stereocenters. The van der Waals surface area contributed by atoms with Crippen molar-refractivity contribution >= 4 is 21.8 Å². The van der Waals surface area contributed by atoms with Crippen molar-refractivity contribution in [1.29, 1.82) is 0 Å². The van der Waals surface area contributed by atoms with E-state index >= 15 is 0 Å². The van der Waals surface area contributed by atoms with Gasteiger partial charge in [0.2, 0.25) is 5.91 Å². The number of amides is 1. The zero-order valence-electron chi connectivity index (χ0n) is 10.2. The summed E-state index contributed by atoms with van der Waals surface area (Å²) in [6, 6.07) is 4.36. The first-order valence-electron chi connectivity index (χ1n) is 5.38. The fourth-order valence-electron chi connectivity index (χ4n) is 2.23. The maximum absolute atomic E-state index is 11.3. The van der Waals surface area contributed by atoms with Crippen LogP contribution in [-0.4, -0.2) is 11.2 Å². The summed E-state index contributed by atoms with van der Waals surface area (Å²) >= 11 is 3.15. The molecule has 1 aromatic rings. The first-order chi connectivity index (χ1) is 7.45. The minimum atomic E-state index is 0.0203. The zero-order chi connectivity index (χ0) is 12.3. The SMILES string of the molecule is Cc1cc(C)c([C@H](C)NC(=O)CBr)c(C)c1. The fraction of sp³-hybridized carbons (Fsp3) is 0.462. The average Bonchev–Trinajstić information content (AvgIpc) is 2.15. The number of hydrogen-bond donors (Lipinski definition) is 1. The van der Waals surface area contributed by atoms with E-state index in [-0.39, 0.29) is 11.9 Å². The average molecular weight is 284 g/mol. The third kappa shape index (κ3) is 3.08. The number of carbonyl (C=O) groups excluding carboxylic acids is 1. The molecule has 3 heteroatoms. The molecule has 1 N–H and O–H groups in total. The quantitative estimate of drug-likeness (QED) is 0.849. The Morgan fingerprint density at radius 2 is 1.81 bits per heavy atom. The van der Waals surface area contributed by atoms with Crippen LogP contribution in [-0.2, 0) is 4.79 Å². The molecule has 1 aromatic carbocycles. The van der Waals surface area contributed by atoms with Gasteiger partial charge in [0.1, 0.15) is 0 Å². The van der Waals surface area contributed by atoms with Gasteiger partial charge in [-0.3, -0.25) is 4.79 Å². The molecular formula is C13H18BrNO. The Kier molecular flexibility index (Phi) is 4.54. The summed E-state index contributed by atoms with van der Waals surface area (Å²) in [4.78, 5) is 11.3. The lowest BCUT2D eigenvalue weighted by Gasteiger charge is -2.19. The molecule has 0 bridgehead atoms. The van der Waals surface area contributed by atoms with Gasteiger partial charge >= 0.3 is 0 Å². The number of benzene rings is 1. The Labute approximate surface area is 106 Å². The standard InChI is InChI=1S/C13H18BrNO/c1-8-5-9(2)13(10(3)6-8)11(4)15-12(16)7-14/h5-6,11H,7H2,1-4H3,(H,15,16)/t11-/m0/s1. The summed E-state index contributed by atoms with van der Waals surface area (Å²) in [5, 5.41) is 3.31. The van der Waals surface area contributed by atoms with E-state index in [9.17, 15) is 4.79 Å². The Balaban J connectivity index is 2.99. The van der Waals surface area contributed by atoms with Gasteiger partial charge in [0.25, 0.3) is 0 Å². The predicted octanol–water partition coefficient (Wildman–Crippen LogP) is 3.18. The molecule has 0 saturated carbocycles. The second kappa shape index (κ2) is 5.48. The predicted molar refractivity (Wildman–Crippen MR) is 71.0 cm³/mol. The third-order valence-electron chi connectivity index (χ3n) is 2.67. The van der Waals surface area contributed by atoms with Crippen molar-refractivity contribution in [1.82, 2.24) is 5.32 Å². The number of halogens is 1. The molecule has 0 radical (unpaired) electrons. The van der Waals surface area contributed by atoms with E-state index in [1.807, 2.05) is 6.92 Å². The van der Waals surface area contributed by atoms with Crippen molar-refractivity contribution in [2.75, 3.05) is 5.33 Å². The summed E-state index contributed by atoms with van der Waals surface area (Å²) in [5.74, 6) is 0.0203. The monoisotopic (exact) mass is 283 g/mol. The number of carbonyl (C=O) groups is 1. The van der Waals surface area contributed by atoms with Crippen LogP contribution < -0.4 is 5.32 Å². The zero-order valence-corrected chi connectivity index (χ0v) is 11.8. The second-order valence-corrected chi connectivity index (χ2v) is 4.80. The van der Waals surface area contributed by atoms with Crippen LogP contribution in [0, 0.1) is 20.8 Å². The summed E-state index contributed by atoms with van der Waals surface area (Å²) in [6.07, 6.45) is 0. The van der Waals surface area contributed by atoms with Gasteiger partial charge in [0.05, 0.1) is 11.4 Å². The van der Waals surface area contributed by atoms with E-state index in [0.29, 0.717) is 5.33 Å². The van der Waals surface area contributed by atoms with Crippen molar-refractivity contribution < 1.29 is 4.79 Å². The third-order valence-corrected chi connectivity index (χ3v) is 3.18. The van der Waals surface area contributed by atoms with E-state index in [2.05, 4.69) is 54.2 Å². The Morgan fingerprint density at radius 3 is 2.25 bits per heavy atom. The Bertz CT molecular complexity index is 378. The van der Waals surface area contributed by atoms with Gasteiger partial charge in [-0.15, -0.1) is 0 Å². The van der Waals surface area contributed by atoms with Gasteiger partial charge in [0.15, 0.2) is 0 Å². The Morgan fingerprint density at radius 1 is 1.31 bits per heavy atom. The van der Waals surface area contributed by atoms with Crippen LogP contribution in [0.5, 0.6) is 0 Å². The lowest BCUT2D eigenvalue weighted by atomic mass is 9.95. The number of alkyl halides is 1. The van der Waals surface area contributed by atoms with Crippen LogP contribution in [0.2, 0.25) is 0 Å². The highest BCUT2D eigenvalue weighted by Crippen LogP contribution is 2.23. The van der Waals surface area contributed by atoms with Crippen molar-refractivity contribution in [3.8, 4) is 0 Å². The van der Waals surface area contributed by atoms with Gasteiger partial charge < -0.3 is 5.32 Å². The number of nitrogens with one attached hydrogen (secondary N) is 1. The molecule has 0 saturated heterocycles. The minimum Gasteiger partial charge on any atom is -0.349 e. The highest BCUT2D eigenvalue weighted by atomic mass is 79.9. The topological polar surface area (TPSA) is 29.1 Å². The maximum atomic E-state index is 11.3. The van der Waals surface area contributed by atoms with E-state index < -0.39 is 0 Å². The molecule has 0 heterocycles. The minimum absolute atomic E-state index is 0.0203. The van der Waals surface area contributed by atoms with E-state index in [1.54, 1.807) is 0 Å². The van der Waals surface area contributed by atoms with Crippen molar-refractivity contribution in [2.24, 2.45) is 0 Å². The molecule has 0 aliphatic rings. The molecule has 1 amide bonds. The lowest BCUT2D eigenvalue weighted by Crippen LogP contribution is -2.28. The fourth-order valence-corrected chi connectivity index (χ4v) is 2.39. The molecule has 0 aliphatic heterocycles. The van der Waals surface area contributed by atoms with Gasteiger partial charge in [-0.1, -0.05) is 33.6 Å². The molecule has 0 fully saturated rings. The van der Waals surface area contributed by atoms with Gasteiger partial charge in [-0.05, 0) is 44.4 Å². The molecule has 88 valence electrons.